The first-order chi connectivity index (χ1) is 12.7. The standard InChI is InChI=1S/C20H23N5O/c1-15-18(23-19(22-15)17-7-3-2-4-8-17)20(26)25-10-5-6-16(13-25)12-24-11-9-21-14-24/h2-4,7-9,11,14,16H,5-6,10,12-13H2,1H3,(H,22,23). The Bertz CT molecular complexity index is 869. The molecule has 1 saturated heterocycles. The third kappa shape index (κ3) is 3.40. The predicted molar refractivity (Wildman–Crippen MR) is 99.6 cm³/mol. The Morgan fingerprint density at radius 2 is 2.15 bits per heavy atom. The number of aromatic nitrogens is 4. The van der Waals surface area contributed by atoms with Gasteiger partial charge >= 0.3 is 0 Å². The summed E-state index contributed by atoms with van der Waals surface area (Å²) in [6, 6.07) is 9.91. The highest BCUT2D eigenvalue weighted by molar-refractivity contribution is 5.94. The molecule has 6 nitrogen and oxygen atoms in total. The topological polar surface area (TPSA) is 66.8 Å². The quantitative estimate of drug-likeness (QED) is 0.787. The zero-order chi connectivity index (χ0) is 17.9. The SMILES string of the molecule is Cc1[nH]c(-c2ccccc2)nc1C(=O)N1CCCC(Cn2ccnc2)C1. The van der Waals surface area contributed by atoms with Crippen LogP contribution in [0.25, 0.3) is 11.4 Å². The van der Waals surface area contributed by atoms with Gasteiger partial charge < -0.3 is 14.5 Å². The van der Waals surface area contributed by atoms with E-state index < -0.39 is 0 Å². The lowest BCUT2D eigenvalue weighted by Crippen LogP contribution is -2.41. The summed E-state index contributed by atoms with van der Waals surface area (Å²) >= 11 is 0. The van der Waals surface area contributed by atoms with Crippen LogP contribution in [0.1, 0.15) is 29.0 Å². The Morgan fingerprint density at radius 1 is 1.31 bits per heavy atom. The van der Waals surface area contributed by atoms with E-state index in [1.165, 1.54) is 0 Å². The molecular weight excluding hydrogens is 326 g/mol. The summed E-state index contributed by atoms with van der Waals surface area (Å²) in [5, 5.41) is 0. The smallest absolute Gasteiger partial charge is 0.274 e. The molecular formula is C20H23N5O. The molecule has 0 aliphatic carbocycles. The Morgan fingerprint density at radius 3 is 2.92 bits per heavy atom. The van der Waals surface area contributed by atoms with Crippen LogP contribution in [0.3, 0.4) is 0 Å². The van der Waals surface area contributed by atoms with Crippen LogP contribution in [-0.2, 0) is 6.54 Å². The molecule has 0 radical (unpaired) electrons. The number of imidazole rings is 2. The first-order valence-corrected chi connectivity index (χ1v) is 9.08. The van der Waals surface area contributed by atoms with E-state index in [1.807, 2.05) is 54.7 Å². The average Bonchev–Trinajstić information content (AvgIpc) is 3.32. The molecule has 134 valence electrons. The van der Waals surface area contributed by atoms with Gasteiger partial charge in [-0.05, 0) is 25.7 Å². The Kier molecular flexibility index (Phi) is 4.56. The van der Waals surface area contributed by atoms with Gasteiger partial charge in [-0.15, -0.1) is 0 Å². The van der Waals surface area contributed by atoms with Crippen LogP contribution in [0.5, 0.6) is 0 Å². The lowest BCUT2D eigenvalue weighted by molar-refractivity contribution is 0.0656. The molecule has 3 heterocycles. The van der Waals surface area contributed by atoms with Crippen LogP contribution in [0, 0.1) is 12.8 Å². The van der Waals surface area contributed by atoms with Gasteiger partial charge in [-0.1, -0.05) is 30.3 Å². The van der Waals surface area contributed by atoms with Crippen molar-refractivity contribution >= 4 is 5.91 Å². The van der Waals surface area contributed by atoms with E-state index in [2.05, 4.69) is 19.5 Å². The number of piperidine rings is 1. The van der Waals surface area contributed by atoms with Crippen molar-refractivity contribution < 1.29 is 4.79 Å². The molecule has 1 aromatic carbocycles. The van der Waals surface area contributed by atoms with Gasteiger partial charge in [0.1, 0.15) is 11.5 Å². The van der Waals surface area contributed by atoms with Gasteiger partial charge in [0.2, 0.25) is 0 Å². The zero-order valence-electron chi connectivity index (χ0n) is 14.9. The second kappa shape index (κ2) is 7.15. The number of likely N-dealkylation sites (tertiary alicyclic amines) is 1. The summed E-state index contributed by atoms with van der Waals surface area (Å²) in [5.41, 5.74) is 2.35. The van der Waals surface area contributed by atoms with E-state index in [9.17, 15) is 4.79 Å². The van der Waals surface area contributed by atoms with Gasteiger partial charge in [-0.3, -0.25) is 4.79 Å². The van der Waals surface area contributed by atoms with E-state index in [1.54, 1.807) is 6.20 Å². The summed E-state index contributed by atoms with van der Waals surface area (Å²) < 4.78 is 2.09. The molecule has 0 spiro atoms. The molecule has 0 bridgehead atoms. The number of H-pyrrole nitrogens is 1. The Hall–Kier alpha value is -2.89. The van der Waals surface area contributed by atoms with Crippen molar-refractivity contribution in [2.24, 2.45) is 5.92 Å². The first-order valence-electron chi connectivity index (χ1n) is 9.08. The van der Waals surface area contributed by atoms with Gasteiger partial charge in [-0.25, -0.2) is 9.97 Å². The molecule has 0 saturated carbocycles. The predicted octanol–water partition coefficient (Wildman–Crippen LogP) is 3.13. The molecule has 1 aliphatic heterocycles. The number of hydrogen-bond donors (Lipinski definition) is 1. The second-order valence-electron chi connectivity index (χ2n) is 6.94. The fourth-order valence-electron chi connectivity index (χ4n) is 3.64. The molecule has 3 aromatic rings. The van der Waals surface area contributed by atoms with E-state index in [-0.39, 0.29) is 5.91 Å². The monoisotopic (exact) mass is 349 g/mol. The fraction of sp³-hybridized carbons (Fsp3) is 0.350. The normalized spacial score (nSPS) is 17.4. The largest absolute Gasteiger partial charge is 0.341 e. The minimum absolute atomic E-state index is 0.0243. The third-order valence-corrected chi connectivity index (χ3v) is 4.97. The minimum atomic E-state index is 0.0243. The number of aromatic amines is 1. The zero-order valence-corrected chi connectivity index (χ0v) is 14.9. The molecule has 1 atom stereocenters. The van der Waals surface area contributed by atoms with Crippen molar-refractivity contribution in [3.05, 3.63) is 60.4 Å². The molecule has 1 aliphatic rings. The van der Waals surface area contributed by atoms with Crippen molar-refractivity contribution in [1.82, 2.24) is 24.4 Å². The van der Waals surface area contributed by atoms with Crippen LogP contribution in [0.2, 0.25) is 0 Å². The summed E-state index contributed by atoms with van der Waals surface area (Å²) in [6.45, 7) is 4.38. The number of aryl methyl sites for hydroxylation is 1. The highest BCUT2D eigenvalue weighted by atomic mass is 16.2. The lowest BCUT2D eigenvalue weighted by atomic mass is 9.97. The van der Waals surface area contributed by atoms with Crippen molar-refractivity contribution in [3.63, 3.8) is 0 Å². The maximum atomic E-state index is 13.0. The van der Waals surface area contributed by atoms with Gasteiger partial charge in [0.15, 0.2) is 0 Å². The summed E-state index contributed by atoms with van der Waals surface area (Å²) in [4.78, 5) is 26.9. The summed E-state index contributed by atoms with van der Waals surface area (Å²) in [5.74, 6) is 1.23. The number of rotatable bonds is 4. The summed E-state index contributed by atoms with van der Waals surface area (Å²) in [6.07, 6.45) is 7.77. The van der Waals surface area contributed by atoms with Crippen LogP contribution < -0.4 is 0 Å². The van der Waals surface area contributed by atoms with Gasteiger partial charge in [0.05, 0.1) is 6.33 Å². The maximum absolute atomic E-state index is 13.0. The number of hydrogen-bond acceptors (Lipinski definition) is 3. The van der Waals surface area contributed by atoms with Crippen LogP contribution >= 0.6 is 0 Å². The van der Waals surface area contributed by atoms with Gasteiger partial charge in [0, 0.05) is 43.3 Å². The highest BCUT2D eigenvalue weighted by Crippen LogP contribution is 2.23. The van der Waals surface area contributed by atoms with Crippen molar-refractivity contribution in [3.8, 4) is 11.4 Å². The molecule has 1 unspecified atom stereocenters. The average molecular weight is 349 g/mol. The van der Waals surface area contributed by atoms with Crippen LogP contribution in [0.4, 0.5) is 0 Å². The first kappa shape index (κ1) is 16.6. The number of carbonyl (C=O) groups excluding carboxylic acids is 1. The number of nitrogens with one attached hydrogen (secondary N) is 1. The summed E-state index contributed by atoms with van der Waals surface area (Å²) in [7, 11) is 0. The van der Waals surface area contributed by atoms with Crippen molar-refractivity contribution in [2.45, 2.75) is 26.3 Å². The van der Waals surface area contributed by atoms with Gasteiger partial charge in [-0.2, -0.15) is 0 Å². The van der Waals surface area contributed by atoms with E-state index >= 15 is 0 Å². The van der Waals surface area contributed by atoms with Crippen molar-refractivity contribution in [2.75, 3.05) is 13.1 Å². The fourth-order valence-corrected chi connectivity index (χ4v) is 3.64. The molecule has 1 fully saturated rings. The molecule has 4 rings (SSSR count). The molecule has 2 aromatic heterocycles. The lowest BCUT2D eigenvalue weighted by Gasteiger charge is -2.32. The molecule has 6 heteroatoms. The molecule has 26 heavy (non-hydrogen) atoms. The second-order valence-corrected chi connectivity index (χ2v) is 6.94. The minimum Gasteiger partial charge on any atom is -0.341 e. The van der Waals surface area contributed by atoms with Crippen LogP contribution in [-0.4, -0.2) is 43.4 Å². The molecule has 1 N–H and O–H groups in total. The number of amides is 1. The van der Waals surface area contributed by atoms with E-state index in [0.29, 0.717) is 11.6 Å². The third-order valence-electron chi connectivity index (χ3n) is 4.97. The van der Waals surface area contributed by atoms with E-state index in [0.717, 1.165) is 49.6 Å². The molecule has 1 amide bonds. The number of benzene rings is 1. The van der Waals surface area contributed by atoms with Gasteiger partial charge in [0.25, 0.3) is 5.91 Å². The van der Waals surface area contributed by atoms with Crippen LogP contribution in [0.15, 0.2) is 49.1 Å². The maximum Gasteiger partial charge on any atom is 0.274 e. The number of carbonyl (C=O) groups is 1. The Balaban J connectivity index is 1.49. The highest BCUT2D eigenvalue weighted by Gasteiger charge is 2.27. The van der Waals surface area contributed by atoms with E-state index in [4.69, 9.17) is 0 Å². The van der Waals surface area contributed by atoms with Crippen molar-refractivity contribution in [1.29, 1.82) is 0 Å². The number of nitrogens with zero attached hydrogens (tertiary/aromatic N) is 4. The Labute approximate surface area is 152 Å².